The van der Waals surface area contributed by atoms with E-state index >= 15 is 0 Å². The molecule has 0 bridgehead atoms. The number of carbonyl (C=O) groups excluding carboxylic acids is 1. The van der Waals surface area contributed by atoms with Crippen molar-refractivity contribution in [1.82, 2.24) is 5.32 Å². The zero-order valence-electron chi connectivity index (χ0n) is 58.4. The molecule has 0 spiro atoms. The van der Waals surface area contributed by atoms with Crippen molar-refractivity contribution in [3.8, 4) is 0 Å². The van der Waals surface area contributed by atoms with E-state index in [1.54, 1.807) is 6.08 Å². The molecule has 3 saturated heterocycles. The Balaban J connectivity index is 1.42. The van der Waals surface area contributed by atoms with Crippen LogP contribution in [0.2, 0.25) is 0 Å². The maximum Gasteiger partial charge on any atom is 0.220 e. The predicted octanol–water partition coefficient (Wildman–Crippen LogP) is 11.3. The first-order valence-corrected chi connectivity index (χ1v) is 37.9. The van der Waals surface area contributed by atoms with E-state index in [2.05, 4.69) is 55.6 Å². The van der Waals surface area contributed by atoms with Gasteiger partial charge in [-0.25, -0.2) is 0 Å². The maximum atomic E-state index is 13.4. The first-order chi connectivity index (χ1) is 45.8. The molecule has 3 aliphatic rings. The van der Waals surface area contributed by atoms with Crippen LogP contribution in [-0.4, -0.2) is 193 Å². The topological polar surface area (TPSA) is 307 Å². The SMILES string of the molecule is CCCCCCC/C=C\C/C=C\C/C=C\CCCCCCCCCCC(=O)NC(COC1OC(CO)C(OC2OC(CO)C(OC3OC(CO)C(O)C(O)C3O)C(O)C2O)C(O)C1O)C(O)/C=C/CCCCCCCCCCCCCCCCCCCCCCCCCC. The van der Waals surface area contributed by atoms with Crippen LogP contribution < -0.4 is 5.32 Å². The van der Waals surface area contributed by atoms with Crippen LogP contribution in [0.4, 0.5) is 0 Å². The van der Waals surface area contributed by atoms with Gasteiger partial charge in [0, 0.05) is 6.42 Å². The van der Waals surface area contributed by atoms with Crippen LogP contribution in [0.25, 0.3) is 0 Å². The fraction of sp³-hybridized carbons (Fsp3) is 0.880. The number of hydrogen-bond donors (Lipinski definition) is 12. The summed E-state index contributed by atoms with van der Waals surface area (Å²) in [6.45, 7) is 1.75. The number of aliphatic hydroxyl groups excluding tert-OH is 11. The van der Waals surface area contributed by atoms with Crippen molar-refractivity contribution in [3.63, 3.8) is 0 Å². The van der Waals surface area contributed by atoms with Gasteiger partial charge < -0.3 is 89.9 Å². The van der Waals surface area contributed by atoms with E-state index in [1.165, 1.54) is 193 Å². The quantitative estimate of drug-likeness (QED) is 0.0199. The minimum absolute atomic E-state index is 0.234. The summed E-state index contributed by atoms with van der Waals surface area (Å²) in [5, 5.41) is 121. The normalized spacial score (nSPS) is 27.6. The lowest BCUT2D eigenvalue weighted by molar-refractivity contribution is -0.379. The van der Waals surface area contributed by atoms with E-state index in [1.807, 2.05) is 6.08 Å². The third kappa shape index (κ3) is 37.3. The highest BCUT2D eigenvalue weighted by molar-refractivity contribution is 5.76. The zero-order chi connectivity index (χ0) is 68.2. The summed E-state index contributed by atoms with van der Waals surface area (Å²) in [5.41, 5.74) is 0. The van der Waals surface area contributed by atoms with Crippen molar-refractivity contribution < 1.29 is 89.4 Å². The highest BCUT2D eigenvalue weighted by Gasteiger charge is 2.53. The molecular formula is C75H137NO18. The molecule has 19 heteroatoms. The van der Waals surface area contributed by atoms with Crippen LogP contribution in [-0.2, 0) is 33.2 Å². The number of unbranched alkanes of at least 4 members (excludes halogenated alkanes) is 37. The van der Waals surface area contributed by atoms with E-state index in [4.69, 9.17) is 28.4 Å². The summed E-state index contributed by atoms with van der Waals surface area (Å²) >= 11 is 0. The lowest BCUT2D eigenvalue weighted by atomic mass is 9.96. The number of rotatable bonds is 59. The second kappa shape index (κ2) is 56.5. The standard InChI is InChI=1S/C75H137NO18/c1-3-5-7-9-11-13-15-17-19-21-23-25-27-28-29-31-32-34-36-38-40-42-44-46-48-50-52-59(80)58(76-63(81)53-51-49-47-45-43-41-39-37-35-33-30-26-24-22-20-18-16-14-12-10-8-6-4-2)57-89-73-69(87)66(84)71(61(55-78)91-73)94-75-70(88)67(85)72(62(56-79)92-75)93-74-68(86)65(83)64(82)60(54-77)90-74/h16,18,22,24,30,33,50,52,58-62,64-75,77-80,82-88H,3-15,17,19-21,23,25-29,31-32,34-49,51,53-57H2,1-2H3,(H,76,81)/b18-16-,24-22-,33-30-,52-50+. The van der Waals surface area contributed by atoms with Gasteiger partial charge in [0.05, 0.1) is 38.6 Å². The van der Waals surface area contributed by atoms with Crippen LogP contribution in [0, 0.1) is 0 Å². The molecule has 3 fully saturated rings. The van der Waals surface area contributed by atoms with Gasteiger partial charge in [-0.3, -0.25) is 4.79 Å². The Morgan fingerprint density at radius 1 is 0.383 bits per heavy atom. The summed E-state index contributed by atoms with van der Waals surface area (Å²) < 4.78 is 34.4. The average Bonchev–Trinajstić information content (AvgIpc) is 0.787. The minimum atomic E-state index is -1.98. The molecule has 1 amide bonds. The Bertz CT molecular complexity index is 1890. The molecule has 17 unspecified atom stereocenters. The number of carbonyl (C=O) groups is 1. The van der Waals surface area contributed by atoms with Gasteiger partial charge in [0.15, 0.2) is 18.9 Å². The monoisotopic (exact) mass is 1340 g/mol. The van der Waals surface area contributed by atoms with Gasteiger partial charge in [0.25, 0.3) is 0 Å². The van der Waals surface area contributed by atoms with Gasteiger partial charge in [-0.2, -0.15) is 0 Å². The zero-order valence-corrected chi connectivity index (χ0v) is 58.4. The largest absolute Gasteiger partial charge is 0.394 e. The van der Waals surface area contributed by atoms with Gasteiger partial charge in [-0.1, -0.05) is 274 Å². The molecule has 0 aromatic rings. The van der Waals surface area contributed by atoms with E-state index in [0.717, 1.165) is 70.6 Å². The van der Waals surface area contributed by atoms with Crippen molar-refractivity contribution in [3.05, 3.63) is 48.6 Å². The highest BCUT2D eigenvalue weighted by atomic mass is 16.8. The molecule has 17 atom stereocenters. The van der Waals surface area contributed by atoms with Crippen LogP contribution in [0.1, 0.15) is 290 Å². The molecule has 3 rings (SSSR count). The predicted molar refractivity (Wildman–Crippen MR) is 369 cm³/mol. The van der Waals surface area contributed by atoms with Crippen LogP contribution >= 0.6 is 0 Å². The van der Waals surface area contributed by atoms with Gasteiger partial charge in [-0.05, 0) is 57.8 Å². The molecule has 550 valence electrons. The van der Waals surface area contributed by atoms with Crippen molar-refractivity contribution in [2.24, 2.45) is 0 Å². The fourth-order valence-electron chi connectivity index (χ4n) is 12.7. The number of allylic oxidation sites excluding steroid dienone is 7. The molecule has 0 aliphatic carbocycles. The van der Waals surface area contributed by atoms with E-state index in [9.17, 15) is 61.0 Å². The summed E-state index contributed by atoms with van der Waals surface area (Å²) in [5.74, 6) is -0.281. The highest BCUT2D eigenvalue weighted by Crippen LogP contribution is 2.33. The number of amides is 1. The molecule has 0 aromatic heterocycles. The molecule has 19 nitrogen and oxygen atoms in total. The summed E-state index contributed by atoms with van der Waals surface area (Å²) in [7, 11) is 0. The van der Waals surface area contributed by atoms with Gasteiger partial charge in [0.1, 0.15) is 73.2 Å². The first-order valence-electron chi connectivity index (χ1n) is 37.9. The number of aliphatic hydroxyl groups is 11. The molecule has 0 aromatic carbocycles. The maximum absolute atomic E-state index is 13.4. The summed E-state index contributed by atoms with van der Waals surface area (Å²) in [6, 6.07) is -0.980. The third-order valence-electron chi connectivity index (χ3n) is 18.9. The van der Waals surface area contributed by atoms with E-state index in [0.29, 0.717) is 6.42 Å². The molecule has 3 heterocycles. The molecular weight excluding hydrogens is 1200 g/mol. The molecule has 94 heavy (non-hydrogen) atoms. The number of hydrogen-bond acceptors (Lipinski definition) is 18. The third-order valence-corrected chi connectivity index (χ3v) is 18.9. The second-order valence-electron chi connectivity index (χ2n) is 27.1. The lowest BCUT2D eigenvalue weighted by Crippen LogP contribution is -2.66. The molecule has 0 saturated carbocycles. The van der Waals surface area contributed by atoms with Crippen LogP contribution in [0.3, 0.4) is 0 Å². The van der Waals surface area contributed by atoms with Gasteiger partial charge >= 0.3 is 0 Å². The molecule has 0 radical (unpaired) electrons. The number of nitrogens with one attached hydrogen (secondary N) is 1. The Kier molecular flexibility index (Phi) is 51.7. The molecule has 12 N–H and O–H groups in total. The van der Waals surface area contributed by atoms with Crippen LogP contribution in [0.15, 0.2) is 48.6 Å². The Hall–Kier alpha value is -2.25. The number of ether oxygens (including phenoxy) is 6. The Morgan fingerprint density at radius 3 is 1.10 bits per heavy atom. The first kappa shape index (κ1) is 86.0. The van der Waals surface area contributed by atoms with Crippen molar-refractivity contribution in [2.45, 2.75) is 394 Å². The fourth-order valence-corrected chi connectivity index (χ4v) is 12.7. The van der Waals surface area contributed by atoms with Crippen molar-refractivity contribution >= 4 is 5.91 Å². The average molecular weight is 1340 g/mol. The van der Waals surface area contributed by atoms with Crippen LogP contribution in [0.5, 0.6) is 0 Å². The van der Waals surface area contributed by atoms with Gasteiger partial charge in [0.2, 0.25) is 5.91 Å². The molecule has 3 aliphatic heterocycles. The van der Waals surface area contributed by atoms with E-state index in [-0.39, 0.29) is 18.9 Å². The van der Waals surface area contributed by atoms with E-state index < -0.39 is 124 Å². The smallest absolute Gasteiger partial charge is 0.220 e. The van der Waals surface area contributed by atoms with Gasteiger partial charge in [-0.15, -0.1) is 0 Å². The second-order valence-corrected chi connectivity index (χ2v) is 27.1. The minimum Gasteiger partial charge on any atom is -0.394 e. The van der Waals surface area contributed by atoms with Crippen molar-refractivity contribution in [1.29, 1.82) is 0 Å². The summed E-state index contributed by atoms with van der Waals surface area (Å²) in [6.07, 6.45) is 42.2. The Labute approximate surface area is 567 Å². The summed E-state index contributed by atoms with van der Waals surface area (Å²) in [4.78, 5) is 13.4. The Morgan fingerprint density at radius 2 is 0.702 bits per heavy atom. The lowest BCUT2D eigenvalue weighted by Gasteiger charge is -2.48. The van der Waals surface area contributed by atoms with Crippen molar-refractivity contribution in [2.75, 3.05) is 26.4 Å².